The van der Waals surface area contributed by atoms with Crippen LogP contribution in [0.5, 0.6) is 0 Å². The van der Waals surface area contributed by atoms with Crippen LogP contribution in [0.1, 0.15) is 39.0 Å². The molecule has 1 amide bonds. The maximum atomic E-state index is 11.4. The van der Waals surface area contributed by atoms with Gasteiger partial charge in [0.1, 0.15) is 0 Å². The van der Waals surface area contributed by atoms with Gasteiger partial charge in [-0.15, -0.1) is 0 Å². The topological polar surface area (TPSA) is 61.6 Å². The van der Waals surface area contributed by atoms with Crippen LogP contribution >= 0.6 is 0 Å². The number of fused-ring (bicyclic) bond motifs is 1. The van der Waals surface area contributed by atoms with Crippen LogP contribution in [-0.2, 0) is 4.79 Å². The SMILES string of the molecule is CNC(C)(CCCCN1CCN2CCCC2C1)C(N)=O. The molecule has 0 aliphatic carbocycles. The van der Waals surface area contributed by atoms with E-state index in [-0.39, 0.29) is 5.91 Å². The fourth-order valence-corrected chi connectivity index (χ4v) is 3.44. The molecule has 2 unspecified atom stereocenters. The molecule has 0 spiro atoms. The number of hydrogen-bond donors (Lipinski definition) is 2. The number of amides is 1. The molecule has 2 atom stereocenters. The van der Waals surface area contributed by atoms with E-state index in [1.807, 2.05) is 14.0 Å². The summed E-state index contributed by atoms with van der Waals surface area (Å²) in [6, 6.07) is 0.803. The van der Waals surface area contributed by atoms with E-state index < -0.39 is 5.54 Å². The first-order chi connectivity index (χ1) is 9.55. The van der Waals surface area contributed by atoms with Crippen LogP contribution in [0, 0.1) is 0 Å². The van der Waals surface area contributed by atoms with Crippen LogP contribution in [0.15, 0.2) is 0 Å². The number of unbranched alkanes of at least 4 members (excludes halogenated alkanes) is 1. The third kappa shape index (κ3) is 3.71. The van der Waals surface area contributed by atoms with E-state index in [2.05, 4.69) is 15.1 Å². The van der Waals surface area contributed by atoms with Crippen molar-refractivity contribution in [3.63, 3.8) is 0 Å². The van der Waals surface area contributed by atoms with Crippen molar-refractivity contribution in [2.75, 3.05) is 39.8 Å². The molecule has 2 rings (SSSR count). The Hall–Kier alpha value is -0.650. The monoisotopic (exact) mass is 282 g/mol. The smallest absolute Gasteiger partial charge is 0.237 e. The summed E-state index contributed by atoms with van der Waals surface area (Å²) in [5, 5.41) is 3.05. The molecule has 0 aromatic carbocycles. The minimum absolute atomic E-state index is 0.250. The standard InChI is InChI=1S/C15H30N4O/c1-15(17-2,14(16)20)7-3-4-8-18-10-11-19-9-5-6-13(19)12-18/h13,17H,3-12H2,1-2H3,(H2,16,20). The highest BCUT2D eigenvalue weighted by Gasteiger charge is 2.31. The highest BCUT2D eigenvalue weighted by atomic mass is 16.1. The molecule has 2 aliphatic heterocycles. The van der Waals surface area contributed by atoms with Crippen molar-refractivity contribution in [3.05, 3.63) is 0 Å². The van der Waals surface area contributed by atoms with E-state index in [0.29, 0.717) is 0 Å². The largest absolute Gasteiger partial charge is 0.368 e. The number of likely N-dealkylation sites (N-methyl/N-ethyl adjacent to an activating group) is 1. The summed E-state index contributed by atoms with van der Waals surface area (Å²) in [6.07, 6.45) is 5.76. The Balaban J connectivity index is 1.65. The zero-order chi connectivity index (χ0) is 14.6. The van der Waals surface area contributed by atoms with Gasteiger partial charge in [-0.2, -0.15) is 0 Å². The molecule has 0 saturated carbocycles. The first-order valence-corrected chi connectivity index (χ1v) is 8.00. The molecule has 20 heavy (non-hydrogen) atoms. The molecule has 0 aromatic heterocycles. The van der Waals surface area contributed by atoms with Gasteiger partial charge in [0.25, 0.3) is 0 Å². The second-order valence-electron chi connectivity index (χ2n) is 6.54. The van der Waals surface area contributed by atoms with Gasteiger partial charge in [0.05, 0.1) is 5.54 Å². The van der Waals surface area contributed by atoms with Crippen molar-refractivity contribution < 1.29 is 4.79 Å². The van der Waals surface area contributed by atoms with Gasteiger partial charge >= 0.3 is 0 Å². The molecule has 2 aliphatic rings. The van der Waals surface area contributed by atoms with Crippen LogP contribution in [0.2, 0.25) is 0 Å². The summed E-state index contributed by atoms with van der Waals surface area (Å²) < 4.78 is 0. The summed E-state index contributed by atoms with van der Waals surface area (Å²) >= 11 is 0. The van der Waals surface area contributed by atoms with Crippen molar-refractivity contribution in [3.8, 4) is 0 Å². The zero-order valence-corrected chi connectivity index (χ0v) is 13.0. The average molecular weight is 282 g/mol. The highest BCUT2D eigenvalue weighted by molar-refractivity contribution is 5.84. The fourth-order valence-electron chi connectivity index (χ4n) is 3.44. The minimum Gasteiger partial charge on any atom is -0.368 e. The van der Waals surface area contributed by atoms with Gasteiger partial charge in [-0.3, -0.25) is 9.69 Å². The van der Waals surface area contributed by atoms with Crippen molar-refractivity contribution in [2.24, 2.45) is 5.73 Å². The fraction of sp³-hybridized carbons (Fsp3) is 0.933. The van der Waals surface area contributed by atoms with E-state index in [1.165, 1.54) is 39.0 Å². The first-order valence-electron chi connectivity index (χ1n) is 8.00. The van der Waals surface area contributed by atoms with Crippen LogP contribution < -0.4 is 11.1 Å². The quantitative estimate of drug-likeness (QED) is 0.664. The van der Waals surface area contributed by atoms with Crippen molar-refractivity contribution in [1.82, 2.24) is 15.1 Å². The molecule has 5 heteroatoms. The number of primary amides is 1. The number of carbonyl (C=O) groups is 1. The van der Waals surface area contributed by atoms with Gasteiger partial charge in [-0.25, -0.2) is 0 Å². The first kappa shape index (κ1) is 15.7. The van der Waals surface area contributed by atoms with E-state index in [1.54, 1.807) is 0 Å². The summed E-state index contributed by atoms with van der Waals surface area (Å²) in [6.45, 7) is 8.03. The van der Waals surface area contributed by atoms with Gasteiger partial charge in [-0.05, 0) is 59.2 Å². The van der Waals surface area contributed by atoms with E-state index in [0.717, 1.165) is 31.8 Å². The lowest BCUT2D eigenvalue weighted by molar-refractivity contribution is -0.123. The van der Waals surface area contributed by atoms with Crippen molar-refractivity contribution in [1.29, 1.82) is 0 Å². The Labute approximate surface area is 122 Å². The predicted molar refractivity (Wildman–Crippen MR) is 81.5 cm³/mol. The van der Waals surface area contributed by atoms with Crippen LogP contribution in [0.25, 0.3) is 0 Å². The molecule has 3 N–H and O–H groups in total. The zero-order valence-electron chi connectivity index (χ0n) is 13.0. The maximum Gasteiger partial charge on any atom is 0.237 e. The Bertz CT molecular complexity index is 336. The molecule has 2 heterocycles. The second kappa shape index (κ2) is 6.87. The summed E-state index contributed by atoms with van der Waals surface area (Å²) in [5.74, 6) is -0.250. The third-order valence-corrected chi connectivity index (χ3v) is 5.17. The summed E-state index contributed by atoms with van der Waals surface area (Å²) in [4.78, 5) is 16.6. The van der Waals surface area contributed by atoms with Crippen LogP contribution in [0.3, 0.4) is 0 Å². The molecule has 0 aromatic rings. The molecule has 2 saturated heterocycles. The number of nitrogens with one attached hydrogen (secondary N) is 1. The molecular weight excluding hydrogens is 252 g/mol. The number of rotatable bonds is 7. The van der Waals surface area contributed by atoms with Crippen molar-refractivity contribution in [2.45, 2.75) is 50.6 Å². The van der Waals surface area contributed by atoms with E-state index >= 15 is 0 Å². The Kier molecular flexibility index (Phi) is 5.41. The molecule has 5 nitrogen and oxygen atoms in total. The summed E-state index contributed by atoms with van der Waals surface area (Å²) in [7, 11) is 1.81. The lowest BCUT2D eigenvalue weighted by Crippen LogP contribution is -2.51. The number of piperazine rings is 1. The van der Waals surface area contributed by atoms with Gasteiger partial charge in [0, 0.05) is 25.7 Å². The highest BCUT2D eigenvalue weighted by Crippen LogP contribution is 2.22. The molecule has 116 valence electrons. The summed E-state index contributed by atoms with van der Waals surface area (Å²) in [5.41, 5.74) is 4.90. The van der Waals surface area contributed by atoms with E-state index in [4.69, 9.17) is 5.73 Å². The number of carbonyl (C=O) groups excluding carboxylic acids is 1. The predicted octanol–water partition coefficient (Wildman–Crippen LogP) is 0.400. The lowest BCUT2D eigenvalue weighted by Gasteiger charge is -2.37. The van der Waals surface area contributed by atoms with Crippen molar-refractivity contribution >= 4 is 5.91 Å². The number of nitrogens with zero attached hydrogens (tertiary/aromatic N) is 2. The van der Waals surface area contributed by atoms with Crippen LogP contribution in [-0.4, -0.2) is 67.1 Å². The minimum atomic E-state index is -0.551. The maximum absolute atomic E-state index is 11.4. The number of hydrogen-bond acceptors (Lipinski definition) is 4. The third-order valence-electron chi connectivity index (χ3n) is 5.17. The Morgan fingerprint density at radius 2 is 2.15 bits per heavy atom. The van der Waals surface area contributed by atoms with Gasteiger partial charge in [-0.1, -0.05) is 0 Å². The lowest BCUT2D eigenvalue weighted by atomic mass is 9.94. The van der Waals surface area contributed by atoms with Gasteiger partial charge in [0.2, 0.25) is 5.91 Å². The second-order valence-corrected chi connectivity index (χ2v) is 6.54. The Morgan fingerprint density at radius 3 is 2.85 bits per heavy atom. The molecule has 2 fully saturated rings. The molecular formula is C15H30N4O. The molecule has 0 radical (unpaired) electrons. The van der Waals surface area contributed by atoms with E-state index in [9.17, 15) is 4.79 Å². The molecule has 0 bridgehead atoms. The Morgan fingerprint density at radius 1 is 1.35 bits per heavy atom. The average Bonchev–Trinajstić information content (AvgIpc) is 2.90. The van der Waals surface area contributed by atoms with Gasteiger partial charge in [0.15, 0.2) is 0 Å². The normalized spacial score (nSPS) is 27.2. The number of nitrogens with two attached hydrogens (primary N) is 1. The van der Waals surface area contributed by atoms with Gasteiger partial charge < -0.3 is 16.0 Å². The van der Waals surface area contributed by atoms with Crippen LogP contribution in [0.4, 0.5) is 0 Å².